The molecule has 0 spiro atoms. The maximum atomic E-state index is 11.3. The van der Waals surface area contributed by atoms with Crippen LogP contribution in [0.25, 0.3) is 11.1 Å². The fraction of sp³-hybridized carbons (Fsp3) is 0.250. The third-order valence-corrected chi connectivity index (χ3v) is 2.30. The maximum Gasteiger partial charge on any atom is 0.190 e. The van der Waals surface area contributed by atoms with E-state index in [4.69, 9.17) is 0 Å². The average Bonchev–Trinajstić information content (AvgIpc) is 2.79. The number of hydrogen-bond acceptors (Lipinski definition) is 1. The highest BCUT2D eigenvalue weighted by Crippen LogP contribution is 2.25. The fourth-order valence-electron chi connectivity index (χ4n) is 1.61. The lowest BCUT2D eigenvalue weighted by molar-refractivity contribution is 0.939. The second-order valence-corrected chi connectivity index (χ2v) is 3.30. The average molecular weight is 172 g/mol. The van der Waals surface area contributed by atoms with Crippen LogP contribution in [0.15, 0.2) is 35.1 Å². The van der Waals surface area contributed by atoms with Gasteiger partial charge >= 0.3 is 0 Å². The van der Waals surface area contributed by atoms with Gasteiger partial charge in [-0.15, -0.1) is 0 Å². The van der Waals surface area contributed by atoms with Crippen LogP contribution in [0.4, 0.5) is 0 Å². The van der Waals surface area contributed by atoms with E-state index in [1.54, 1.807) is 0 Å². The fourth-order valence-corrected chi connectivity index (χ4v) is 1.61. The van der Waals surface area contributed by atoms with Crippen LogP contribution in [-0.4, -0.2) is 0 Å². The Morgan fingerprint density at radius 2 is 1.85 bits per heavy atom. The first kappa shape index (κ1) is 8.24. The maximum absolute atomic E-state index is 11.3. The highest BCUT2D eigenvalue weighted by Gasteiger charge is 2.21. The van der Waals surface area contributed by atoms with Crippen molar-refractivity contribution in [3.05, 3.63) is 46.1 Å². The van der Waals surface area contributed by atoms with Gasteiger partial charge in [0, 0.05) is 11.1 Å². The summed E-state index contributed by atoms with van der Waals surface area (Å²) >= 11 is 0. The molecule has 0 saturated carbocycles. The minimum Gasteiger partial charge on any atom is -0.289 e. The van der Waals surface area contributed by atoms with E-state index in [1.807, 2.05) is 30.3 Å². The molecule has 2 aromatic carbocycles. The molecule has 2 aromatic rings. The zero-order chi connectivity index (χ0) is 9.26. The van der Waals surface area contributed by atoms with Crippen molar-refractivity contribution in [2.45, 2.75) is 19.8 Å². The molecule has 0 atom stereocenters. The number of benzene rings is 1. The topological polar surface area (TPSA) is 17.1 Å². The second kappa shape index (κ2) is 3.17. The lowest BCUT2D eigenvalue weighted by Gasteiger charge is -1.89. The summed E-state index contributed by atoms with van der Waals surface area (Å²) in [6.07, 6.45) is 1.99. The molecule has 2 rings (SSSR count). The number of hydrogen-bond donors (Lipinski definition) is 0. The van der Waals surface area contributed by atoms with Gasteiger partial charge in [0.25, 0.3) is 0 Å². The van der Waals surface area contributed by atoms with Crippen molar-refractivity contribution in [2.24, 2.45) is 0 Å². The Morgan fingerprint density at radius 3 is 2.46 bits per heavy atom. The molecule has 0 aliphatic rings. The molecule has 1 heteroatoms. The van der Waals surface area contributed by atoms with Crippen LogP contribution in [0.2, 0.25) is 0 Å². The van der Waals surface area contributed by atoms with Gasteiger partial charge in [0.1, 0.15) is 0 Å². The molecule has 0 heterocycles. The molecule has 0 saturated heterocycles. The van der Waals surface area contributed by atoms with Crippen LogP contribution >= 0.6 is 0 Å². The Labute approximate surface area is 77.7 Å². The minimum atomic E-state index is 0.271. The van der Waals surface area contributed by atoms with Gasteiger partial charge in [-0.1, -0.05) is 43.7 Å². The zero-order valence-corrected chi connectivity index (χ0v) is 7.71. The first-order valence-electron chi connectivity index (χ1n) is 4.68. The van der Waals surface area contributed by atoms with Gasteiger partial charge < -0.3 is 0 Å². The quantitative estimate of drug-likeness (QED) is 0.695. The van der Waals surface area contributed by atoms with Gasteiger partial charge in [-0.05, 0) is 12.0 Å². The normalized spacial score (nSPS) is 10.8. The Bertz CT molecular complexity index is 405. The highest BCUT2D eigenvalue weighted by molar-refractivity contribution is 5.75. The first-order chi connectivity index (χ1) is 6.34. The van der Waals surface area contributed by atoms with E-state index < -0.39 is 0 Å². The molecule has 0 N–H and O–H groups in total. The van der Waals surface area contributed by atoms with Crippen LogP contribution in [0.3, 0.4) is 0 Å². The lowest BCUT2D eigenvalue weighted by Crippen LogP contribution is -1.79. The van der Waals surface area contributed by atoms with Crippen LogP contribution < -0.4 is 5.43 Å². The molecule has 0 aliphatic heterocycles. The van der Waals surface area contributed by atoms with Crippen molar-refractivity contribution in [1.29, 1.82) is 0 Å². The van der Waals surface area contributed by atoms with Gasteiger partial charge in [0.2, 0.25) is 0 Å². The van der Waals surface area contributed by atoms with Gasteiger partial charge in [-0.25, -0.2) is 0 Å². The predicted octanol–water partition coefficient (Wildman–Crippen LogP) is 2.54. The number of rotatable bonds is 3. The highest BCUT2D eigenvalue weighted by atomic mass is 16.1. The zero-order valence-electron chi connectivity index (χ0n) is 7.71. The lowest BCUT2D eigenvalue weighted by atomic mass is 10.1. The second-order valence-electron chi connectivity index (χ2n) is 3.30. The molecule has 0 fully saturated rings. The van der Waals surface area contributed by atoms with Crippen molar-refractivity contribution in [3.8, 4) is 11.1 Å². The molecule has 1 nitrogen and oxygen atoms in total. The standard InChI is InChI=1S/C12H12O/c1-2-6-10-11(12(10)13)9-7-4-3-5-8-9/h3-5,7-8H,2,6H2,1H3. The van der Waals surface area contributed by atoms with E-state index in [0.717, 1.165) is 29.5 Å². The molecule has 0 amide bonds. The Balaban J connectivity index is 2.28. The predicted molar refractivity (Wildman–Crippen MR) is 54.5 cm³/mol. The molecule has 0 radical (unpaired) electrons. The van der Waals surface area contributed by atoms with Crippen LogP contribution in [-0.2, 0) is 6.42 Å². The van der Waals surface area contributed by atoms with Crippen molar-refractivity contribution < 1.29 is 0 Å². The van der Waals surface area contributed by atoms with E-state index in [-0.39, 0.29) is 5.43 Å². The van der Waals surface area contributed by atoms with Crippen molar-refractivity contribution >= 4 is 0 Å². The largest absolute Gasteiger partial charge is 0.289 e. The van der Waals surface area contributed by atoms with E-state index in [2.05, 4.69) is 6.92 Å². The Morgan fingerprint density at radius 1 is 1.15 bits per heavy atom. The van der Waals surface area contributed by atoms with Crippen LogP contribution in [0, 0.1) is 0 Å². The summed E-state index contributed by atoms with van der Waals surface area (Å²) in [5, 5.41) is 0. The SMILES string of the molecule is CCCc1c(-c2ccccc2)c1=O. The molecule has 0 aromatic heterocycles. The summed E-state index contributed by atoms with van der Waals surface area (Å²) in [6, 6.07) is 9.90. The van der Waals surface area contributed by atoms with E-state index in [0.29, 0.717) is 0 Å². The first-order valence-corrected chi connectivity index (χ1v) is 4.68. The van der Waals surface area contributed by atoms with E-state index in [1.165, 1.54) is 0 Å². The van der Waals surface area contributed by atoms with Gasteiger partial charge in [0.05, 0.1) is 0 Å². The molecule has 13 heavy (non-hydrogen) atoms. The Hall–Kier alpha value is -1.37. The monoisotopic (exact) mass is 172 g/mol. The molecule has 0 aliphatic carbocycles. The third-order valence-electron chi connectivity index (χ3n) is 2.30. The summed E-state index contributed by atoms with van der Waals surface area (Å²) in [6.45, 7) is 2.10. The van der Waals surface area contributed by atoms with Crippen LogP contribution in [0.5, 0.6) is 0 Å². The summed E-state index contributed by atoms with van der Waals surface area (Å²) in [5.41, 5.74) is 3.35. The summed E-state index contributed by atoms with van der Waals surface area (Å²) < 4.78 is 0. The van der Waals surface area contributed by atoms with Crippen molar-refractivity contribution in [1.82, 2.24) is 0 Å². The molecular formula is C12H12O. The van der Waals surface area contributed by atoms with Gasteiger partial charge in [-0.3, -0.25) is 4.79 Å². The Kier molecular flexibility index (Phi) is 2.01. The van der Waals surface area contributed by atoms with Crippen molar-refractivity contribution in [2.75, 3.05) is 0 Å². The minimum absolute atomic E-state index is 0.271. The van der Waals surface area contributed by atoms with Gasteiger partial charge in [-0.2, -0.15) is 0 Å². The molecule has 66 valence electrons. The molecule has 0 unspecified atom stereocenters. The molecule has 0 bridgehead atoms. The molecular weight excluding hydrogens is 160 g/mol. The summed E-state index contributed by atoms with van der Waals surface area (Å²) in [5.74, 6) is 0. The van der Waals surface area contributed by atoms with E-state index in [9.17, 15) is 4.79 Å². The summed E-state index contributed by atoms with van der Waals surface area (Å²) in [4.78, 5) is 11.3. The van der Waals surface area contributed by atoms with Crippen LogP contribution in [0.1, 0.15) is 18.9 Å². The third kappa shape index (κ3) is 1.42. The van der Waals surface area contributed by atoms with Crippen molar-refractivity contribution in [3.63, 3.8) is 0 Å². The van der Waals surface area contributed by atoms with E-state index >= 15 is 0 Å². The van der Waals surface area contributed by atoms with Gasteiger partial charge in [0.15, 0.2) is 5.43 Å². The smallest absolute Gasteiger partial charge is 0.190 e. The summed E-state index contributed by atoms with van der Waals surface area (Å²) in [7, 11) is 0.